The van der Waals surface area contributed by atoms with Crippen molar-refractivity contribution in [2.45, 2.75) is 39.4 Å². The third-order valence-electron chi connectivity index (χ3n) is 4.64. The van der Waals surface area contributed by atoms with Crippen molar-refractivity contribution < 1.29 is 19.1 Å². The molecule has 0 bridgehead atoms. The number of hydrogen-bond donors (Lipinski definition) is 1. The summed E-state index contributed by atoms with van der Waals surface area (Å²) >= 11 is 5.92. The first-order valence-corrected chi connectivity index (χ1v) is 9.56. The maximum atomic E-state index is 12.7. The minimum absolute atomic E-state index is 0.0827. The summed E-state index contributed by atoms with van der Waals surface area (Å²) in [5.41, 5.74) is 1.82. The van der Waals surface area contributed by atoms with E-state index in [1.165, 1.54) is 0 Å². The molecular formula is C21H23ClN2O4. The van der Waals surface area contributed by atoms with Gasteiger partial charge in [-0.1, -0.05) is 36.7 Å². The van der Waals surface area contributed by atoms with E-state index >= 15 is 0 Å². The first-order valence-electron chi connectivity index (χ1n) is 9.18. The summed E-state index contributed by atoms with van der Waals surface area (Å²) in [5, 5.41) is 3.53. The molecule has 3 rings (SSSR count). The molecule has 1 N–H and O–H groups in total. The highest BCUT2D eigenvalue weighted by Gasteiger charge is 2.25. The molecule has 2 aromatic carbocycles. The van der Waals surface area contributed by atoms with Crippen LogP contribution in [0, 0.1) is 0 Å². The van der Waals surface area contributed by atoms with Gasteiger partial charge in [0.25, 0.3) is 0 Å². The van der Waals surface area contributed by atoms with Gasteiger partial charge >= 0.3 is 0 Å². The number of hydrogen-bond acceptors (Lipinski definition) is 4. The van der Waals surface area contributed by atoms with E-state index in [-0.39, 0.29) is 18.6 Å². The van der Waals surface area contributed by atoms with Crippen LogP contribution in [-0.4, -0.2) is 29.5 Å². The Morgan fingerprint density at radius 2 is 1.79 bits per heavy atom. The summed E-state index contributed by atoms with van der Waals surface area (Å²) in [6, 6.07) is 12.2. The van der Waals surface area contributed by atoms with E-state index in [0.717, 1.165) is 11.1 Å². The van der Waals surface area contributed by atoms with Crippen LogP contribution in [-0.2, 0) is 22.7 Å². The molecule has 1 aliphatic heterocycles. The normalized spacial score (nSPS) is 13.1. The first kappa shape index (κ1) is 20.0. The van der Waals surface area contributed by atoms with E-state index in [2.05, 4.69) is 5.32 Å². The van der Waals surface area contributed by atoms with Crippen molar-refractivity contribution >= 4 is 23.4 Å². The van der Waals surface area contributed by atoms with Gasteiger partial charge in [0.05, 0.1) is 0 Å². The van der Waals surface area contributed by atoms with Crippen LogP contribution in [0.5, 0.6) is 11.5 Å². The fraction of sp³-hybridized carbons (Fsp3) is 0.333. The first-order chi connectivity index (χ1) is 13.5. The molecule has 0 fully saturated rings. The van der Waals surface area contributed by atoms with E-state index in [1.807, 2.05) is 30.3 Å². The second kappa shape index (κ2) is 8.97. The average Bonchev–Trinajstić information content (AvgIpc) is 3.18. The van der Waals surface area contributed by atoms with Gasteiger partial charge in [-0.3, -0.25) is 9.59 Å². The molecule has 0 unspecified atom stereocenters. The number of ether oxygens (including phenoxy) is 2. The number of nitrogens with one attached hydrogen (secondary N) is 1. The number of carbonyl (C=O) groups excluding carboxylic acids is 2. The van der Waals surface area contributed by atoms with Crippen LogP contribution in [0.3, 0.4) is 0 Å². The molecular weight excluding hydrogens is 380 g/mol. The smallest absolute Gasteiger partial charge is 0.242 e. The molecule has 0 saturated carbocycles. The number of nitrogens with zero attached hydrogens (tertiary/aromatic N) is 1. The van der Waals surface area contributed by atoms with Crippen LogP contribution >= 0.6 is 11.6 Å². The predicted octanol–water partition coefficient (Wildman–Crippen LogP) is 3.51. The largest absolute Gasteiger partial charge is 0.454 e. The summed E-state index contributed by atoms with van der Waals surface area (Å²) < 4.78 is 10.6. The molecule has 28 heavy (non-hydrogen) atoms. The minimum atomic E-state index is -0.600. The summed E-state index contributed by atoms with van der Waals surface area (Å²) in [4.78, 5) is 26.7. The van der Waals surface area contributed by atoms with Crippen molar-refractivity contribution in [3.63, 3.8) is 0 Å². The number of carbonyl (C=O) groups is 2. The Balaban J connectivity index is 1.64. The van der Waals surface area contributed by atoms with E-state index in [4.69, 9.17) is 21.1 Å². The van der Waals surface area contributed by atoms with E-state index < -0.39 is 6.04 Å². The maximum absolute atomic E-state index is 12.7. The van der Waals surface area contributed by atoms with Gasteiger partial charge < -0.3 is 19.7 Å². The summed E-state index contributed by atoms with van der Waals surface area (Å²) in [5.74, 6) is 1.07. The number of rotatable bonds is 7. The maximum Gasteiger partial charge on any atom is 0.242 e. The molecule has 2 aromatic rings. The lowest BCUT2D eigenvalue weighted by molar-refractivity contribution is -0.140. The Bertz CT molecular complexity index is 854. The molecule has 1 atom stereocenters. The molecule has 0 radical (unpaired) electrons. The number of fused-ring (bicyclic) bond motifs is 1. The second-order valence-electron chi connectivity index (χ2n) is 6.58. The lowest BCUT2D eigenvalue weighted by atomic mass is 10.1. The fourth-order valence-electron chi connectivity index (χ4n) is 2.96. The van der Waals surface area contributed by atoms with E-state index in [9.17, 15) is 9.59 Å². The lowest BCUT2D eigenvalue weighted by Gasteiger charge is -2.28. The van der Waals surface area contributed by atoms with Crippen LogP contribution in [0.15, 0.2) is 42.5 Å². The van der Waals surface area contributed by atoms with Crippen molar-refractivity contribution in [3.05, 3.63) is 58.6 Å². The third kappa shape index (κ3) is 4.75. The minimum Gasteiger partial charge on any atom is -0.454 e. The number of benzene rings is 2. The zero-order valence-corrected chi connectivity index (χ0v) is 16.7. The second-order valence-corrected chi connectivity index (χ2v) is 7.02. The quantitative estimate of drug-likeness (QED) is 0.769. The molecule has 7 heteroatoms. The van der Waals surface area contributed by atoms with Gasteiger partial charge in [-0.15, -0.1) is 0 Å². The lowest BCUT2D eigenvalue weighted by Crippen LogP contribution is -2.47. The topological polar surface area (TPSA) is 67.9 Å². The number of halogens is 1. The molecule has 148 valence electrons. The van der Waals surface area contributed by atoms with Crippen LogP contribution in [0.4, 0.5) is 0 Å². The van der Waals surface area contributed by atoms with Crippen molar-refractivity contribution in [2.75, 3.05) is 6.79 Å². The molecule has 0 aromatic heterocycles. The van der Waals surface area contributed by atoms with Gasteiger partial charge in [0.2, 0.25) is 18.6 Å². The Kier molecular flexibility index (Phi) is 6.41. The van der Waals surface area contributed by atoms with Crippen molar-refractivity contribution in [2.24, 2.45) is 0 Å². The summed E-state index contributed by atoms with van der Waals surface area (Å²) in [7, 11) is 0. The van der Waals surface area contributed by atoms with Gasteiger partial charge in [0, 0.05) is 24.5 Å². The molecule has 2 amide bonds. The molecule has 0 saturated heterocycles. The van der Waals surface area contributed by atoms with E-state index in [0.29, 0.717) is 36.0 Å². The molecule has 0 spiro atoms. The Morgan fingerprint density at radius 3 is 2.50 bits per heavy atom. The Hall–Kier alpha value is -2.73. The average molecular weight is 403 g/mol. The highest BCUT2D eigenvalue weighted by atomic mass is 35.5. The van der Waals surface area contributed by atoms with Crippen molar-refractivity contribution in [1.82, 2.24) is 10.2 Å². The van der Waals surface area contributed by atoms with Crippen molar-refractivity contribution in [3.8, 4) is 11.5 Å². The summed E-state index contributed by atoms with van der Waals surface area (Å²) in [6.45, 7) is 4.42. The zero-order chi connectivity index (χ0) is 20.1. The van der Waals surface area contributed by atoms with Crippen LogP contribution in [0.1, 0.15) is 31.4 Å². The summed E-state index contributed by atoms with van der Waals surface area (Å²) in [6.07, 6.45) is 0.327. The SMILES string of the molecule is CCC(=O)N(Cc1ccc(Cl)cc1)[C@H](C)C(=O)NCc1ccc2c(c1)OCO2. The molecule has 6 nitrogen and oxygen atoms in total. The zero-order valence-electron chi connectivity index (χ0n) is 15.9. The standard InChI is InChI=1S/C21H23ClN2O4/c1-3-20(25)24(12-15-4-7-17(22)8-5-15)14(2)21(26)23-11-16-6-9-18-19(10-16)28-13-27-18/h4-10,14H,3,11-13H2,1-2H3,(H,23,26)/t14-/m1/s1. The molecule has 0 aliphatic carbocycles. The van der Waals surface area contributed by atoms with Crippen LogP contribution in [0.25, 0.3) is 0 Å². The van der Waals surface area contributed by atoms with Gasteiger partial charge in [-0.2, -0.15) is 0 Å². The van der Waals surface area contributed by atoms with Gasteiger partial charge in [-0.25, -0.2) is 0 Å². The highest BCUT2D eigenvalue weighted by molar-refractivity contribution is 6.30. The van der Waals surface area contributed by atoms with Gasteiger partial charge in [0.15, 0.2) is 11.5 Å². The molecule has 1 aliphatic rings. The van der Waals surface area contributed by atoms with Crippen molar-refractivity contribution in [1.29, 1.82) is 0 Å². The van der Waals surface area contributed by atoms with E-state index in [1.54, 1.807) is 30.9 Å². The fourth-order valence-corrected chi connectivity index (χ4v) is 3.09. The van der Waals surface area contributed by atoms with Gasteiger partial charge in [0.1, 0.15) is 6.04 Å². The van der Waals surface area contributed by atoms with Crippen LogP contribution in [0.2, 0.25) is 5.02 Å². The van der Waals surface area contributed by atoms with Gasteiger partial charge in [-0.05, 0) is 42.3 Å². The van der Waals surface area contributed by atoms with Crippen LogP contribution < -0.4 is 14.8 Å². The number of amides is 2. The Morgan fingerprint density at radius 1 is 1.11 bits per heavy atom. The molecule has 1 heterocycles. The third-order valence-corrected chi connectivity index (χ3v) is 4.89. The Labute approximate surface area is 169 Å². The monoisotopic (exact) mass is 402 g/mol. The highest BCUT2D eigenvalue weighted by Crippen LogP contribution is 2.32. The predicted molar refractivity (Wildman–Crippen MR) is 106 cm³/mol.